The molecule has 0 aromatic heterocycles. The highest BCUT2D eigenvalue weighted by Crippen LogP contribution is 2.26. The summed E-state index contributed by atoms with van der Waals surface area (Å²) in [5.41, 5.74) is 3.67. The Balaban J connectivity index is 1.47. The summed E-state index contributed by atoms with van der Waals surface area (Å²) in [6, 6.07) is 21.0. The van der Waals surface area contributed by atoms with E-state index in [1.54, 1.807) is 11.8 Å². The van der Waals surface area contributed by atoms with Crippen LogP contribution in [0.15, 0.2) is 65.6 Å². The molecule has 0 saturated heterocycles. The van der Waals surface area contributed by atoms with E-state index < -0.39 is 0 Å². The smallest absolute Gasteiger partial charge is 0.173 e. The number of rotatable bonds is 4. The van der Waals surface area contributed by atoms with Gasteiger partial charge in [0.1, 0.15) is 0 Å². The largest absolute Gasteiger partial charge is 0.293 e. The number of thioether (sulfide) groups is 1. The quantitative estimate of drug-likeness (QED) is 0.451. The third kappa shape index (κ3) is 3.25. The van der Waals surface area contributed by atoms with Crippen molar-refractivity contribution >= 4 is 28.3 Å². The van der Waals surface area contributed by atoms with Crippen molar-refractivity contribution in [3.8, 4) is 0 Å². The highest BCUT2D eigenvalue weighted by atomic mass is 32.2. The normalized spacial score (nSPS) is 13.7. The van der Waals surface area contributed by atoms with Gasteiger partial charge in [0.2, 0.25) is 0 Å². The molecule has 2 heteroatoms. The van der Waals surface area contributed by atoms with Gasteiger partial charge in [0.15, 0.2) is 5.78 Å². The second-order valence-electron chi connectivity index (χ2n) is 6.41. The lowest BCUT2D eigenvalue weighted by atomic mass is 9.90. The van der Waals surface area contributed by atoms with Crippen LogP contribution in [-0.2, 0) is 12.8 Å². The molecule has 0 radical (unpaired) electrons. The molecule has 0 saturated carbocycles. The van der Waals surface area contributed by atoms with Crippen LogP contribution in [0.3, 0.4) is 0 Å². The number of fused-ring (bicyclic) bond motifs is 2. The fourth-order valence-electron chi connectivity index (χ4n) is 3.40. The van der Waals surface area contributed by atoms with Gasteiger partial charge in [-0.1, -0.05) is 42.5 Å². The zero-order valence-corrected chi connectivity index (χ0v) is 14.4. The first-order chi connectivity index (χ1) is 11.8. The molecule has 0 spiro atoms. The molecule has 120 valence electrons. The molecule has 0 unspecified atom stereocenters. The Labute approximate surface area is 147 Å². The van der Waals surface area contributed by atoms with Crippen molar-refractivity contribution in [1.82, 2.24) is 0 Å². The number of hydrogen-bond donors (Lipinski definition) is 0. The van der Waals surface area contributed by atoms with Crippen LogP contribution in [0, 0.1) is 0 Å². The Morgan fingerprint density at radius 3 is 2.50 bits per heavy atom. The highest BCUT2D eigenvalue weighted by molar-refractivity contribution is 8.00. The number of benzene rings is 3. The first kappa shape index (κ1) is 15.5. The lowest BCUT2D eigenvalue weighted by Gasteiger charge is -2.16. The molecule has 0 N–H and O–H groups in total. The zero-order chi connectivity index (χ0) is 16.4. The van der Waals surface area contributed by atoms with E-state index in [2.05, 4.69) is 54.6 Å². The van der Waals surface area contributed by atoms with Crippen molar-refractivity contribution in [1.29, 1.82) is 0 Å². The van der Waals surface area contributed by atoms with Crippen LogP contribution in [0.2, 0.25) is 0 Å². The van der Waals surface area contributed by atoms with E-state index in [9.17, 15) is 4.79 Å². The average molecular weight is 332 g/mol. The number of carbonyl (C=O) groups is 1. The van der Waals surface area contributed by atoms with Crippen molar-refractivity contribution in [2.45, 2.75) is 30.6 Å². The minimum atomic E-state index is 0.224. The summed E-state index contributed by atoms with van der Waals surface area (Å²) >= 11 is 1.63. The van der Waals surface area contributed by atoms with Crippen LogP contribution < -0.4 is 0 Å². The minimum absolute atomic E-state index is 0.224. The second-order valence-corrected chi connectivity index (χ2v) is 7.46. The summed E-state index contributed by atoms with van der Waals surface area (Å²) in [7, 11) is 0. The molecule has 4 rings (SSSR count). The number of carbonyl (C=O) groups excluding carboxylic acids is 1. The van der Waals surface area contributed by atoms with Crippen molar-refractivity contribution in [2.24, 2.45) is 0 Å². The molecule has 1 nitrogen and oxygen atoms in total. The van der Waals surface area contributed by atoms with Gasteiger partial charge >= 0.3 is 0 Å². The van der Waals surface area contributed by atoms with Gasteiger partial charge in [-0.3, -0.25) is 4.79 Å². The standard InChI is InChI=1S/C22H20OS/c23-22(20-10-9-16-5-1-3-7-18(16)13-20)15-24-21-12-11-17-6-2-4-8-19(17)14-21/h2,4,6,8-14H,1,3,5,7,15H2. The average Bonchev–Trinajstić information content (AvgIpc) is 2.65. The number of ketones is 1. The van der Waals surface area contributed by atoms with Gasteiger partial charge in [-0.05, 0) is 65.8 Å². The van der Waals surface area contributed by atoms with Crippen molar-refractivity contribution in [2.75, 3.05) is 5.75 Å². The van der Waals surface area contributed by atoms with E-state index in [4.69, 9.17) is 0 Å². The van der Waals surface area contributed by atoms with Crippen molar-refractivity contribution in [3.05, 3.63) is 77.4 Å². The van der Waals surface area contributed by atoms with Crippen molar-refractivity contribution in [3.63, 3.8) is 0 Å². The van der Waals surface area contributed by atoms with Gasteiger partial charge in [0, 0.05) is 10.5 Å². The Morgan fingerprint density at radius 2 is 1.62 bits per heavy atom. The second kappa shape index (κ2) is 6.82. The molecule has 1 aliphatic rings. The third-order valence-electron chi connectivity index (χ3n) is 4.76. The summed E-state index contributed by atoms with van der Waals surface area (Å²) < 4.78 is 0. The van der Waals surface area contributed by atoms with Gasteiger partial charge in [-0.2, -0.15) is 0 Å². The number of aryl methyl sites for hydroxylation is 2. The summed E-state index contributed by atoms with van der Waals surface area (Å²) in [6.45, 7) is 0. The monoisotopic (exact) mass is 332 g/mol. The summed E-state index contributed by atoms with van der Waals surface area (Å²) in [5.74, 6) is 0.721. The SMILES string of the molecule is O=C(CSc1ccc2ccccc2c1)c1ccc2c(c1)CCCC2. The van der Waals surface area contributed by atoms with Crippen LogP contribution in [0.5, 0.6) is 0 Å². The summed E-state index contributed by atoms with van der Waals surface area (Å²) in [5, 5.41) is 2.46. The molecule has 0 bridgehead atoms. The first-order valence-electron chi connectivity index (χ1n) is 8.56. The molecular formula is C22H20OS. The fraction of sp³-hybridized carbons (Fsp3) is 0.227. The van der Waals surface area contributed by atoms with E-state index in [-0.39, 0.29) is 5.78 Å². The van der Waals surface area contributed by atoms with Gasteiger partial charge in [0.25, 0.3) is 0 Å². The van der Waals surface area contributed by atoms with Crippen LogP contribution in [0.4, 0.5) is 0 Å². The van der Waals surface area contributed by atoms with E-state index >= 15 is 0 Å². The summed E-state index contributed by atoms with van der Waals surface area (Å²) in [6.07, 6.45) is 4.80. The maximum absolute atomic E-state index is 12.5. The van der Waals surface area contributed by atoms with E-state index in [1.165, 1.54) is 34.7 Å². The maximum Gasteiger partial charge on any atom is 0.173 e. The highest BCUT2D eigenvalue weighted by Gasteiger charge is 2.13. The molecule has 3 aromatic rings. The van der Waals surface area contributed by atoms with Crippen LogP contribution in [0.1, 0.15) is 34.3 Å². The maximum atomic E-state index is 12.5. The predicted octanol–water partition coefficient (Wildman–Crippen LogP) is 5.69. The lowest BCUT2D eigenvalue weighted by molar-refractivity contribution is 0.102. The molecule has 24 heavy (non-hydrogen) atoms. The lowest BCUT2D eigenvalue weighted by Crippen LogP contribution is -2.07. The van der Waals surface area contributed by atoms with E-state index in [0.29, 0.717) is 5.75 Å². The van der Waals surface area contributed by atoms with Gasteiger partial charge in [-0.15, -0.1) is 11.8 Å². The Morgan fingerprint density at radius 1 is 0.833 bits per heavy atom. The molecule has 0 heterocycles. The predicted molar refractivity (Wildman–Crippen MR) is 102 cm³/mol. The third-order valence-corrected chi connectivity index (χ3v) is 5.76. The van der Waals surface area contributed by atoms with Gasteiger partial charge in [0.05, 0.1) is 5.75 Å². The molecule has 0 fully saturated rings. The fourth-order valence-corrected chi connectivity index (χ4v) is 4.24. The number of hydrogen-bond acceptors (Lipinski definition) is 2. The van der Waals surface area contributed by atoms with Crippen LogP contribution >= 0.6 is 11.8 Å². The molecule has 0 aliphatic heterocycles. The molecular weight excluding hydrogens is 312 g/mol. The number of Topliss-reactive ketones (excluding diaryl/α,β-unsaturated/α-hetero) is 1. The molecule has 1 aliphatic carbocycles. The summed E-state index contributed by atoms with van der Waals surface area (Å²) in [4.78, 5) is 13.7. The Hall–Kier alpha value is -2.06. The van der Waals surface area contributed by atoms with E-state index in [0.717, 1.165) is 23.3 Å². The van der Waals surface area contributed by atoms with Crippen LogP contribution in [-0.4, -0.2) is 11.5 Å². The topological polar surface area (TPSA) is 17.1 Å². The first-order valence-corrected chi connectivity index (χ1v) is 9.55. The van der Waals surface area contributed by atoms with E-state index in [1.807, 2.05) is 6.07 Å². The van der Waals surface area contributed by atoms with Crippen LogP contribution in [0.25, 0.3) is 10.8 Å². The van der Waals surface area contributed by atoms with Crippen molar-refractivity contribution < 1.29 is 4.79 Å². The molecule has 3 aromatic carbocycles. The molecule has 0 amide bonds. The molecule has 0 atom stereocenters. The van der Waals surface area contributed by atoms with Gasteiger partial charge in [-0.25, -0.2) is 0 Å². The zero-order valence-electron chi connectivity index (χ0n) is 13.6. The minimum Gasteiger partial charge on any atom is -0.293 e. The Kier molecular flexibility index (Phi) is 4.40. The van der Waals surface area contributed by atoms with Gasteiger partial charge < -0.3 is 0 Å². The Bertz CT molecular complexity index is 897.